The van der Waals surface area contributed by atoms with Gasteiger partial charge in [-0.1, -0.05) is 11.6 Å². The number of nitrogens with zero attached hydrogens (tertiary/aromatic N) is 1. The number of benzene rings is 1. The Balaban J connectivity index is 1.65. The van der Waals surface area contributed by atoms with Crippen molar-refractivity contribution in [1.29, 1.82) is 0 Å². The van der Waals surface area contributed by atoms with Gasteiger partial charge in [-0.2, -0.15) is 0 Å². The average molecular weight is 311 g/mol. The van der Waals surface area contributed by atoms with Gasteiger partial charge in [0.1, 0.15) is 13.2 Å². The van der Waals surface area contributed by atoms with Gasteiger partial charge in [-0.05, 0) is 26.7 Å². The highest BCUT2D eigenvalue weighted by Gasteiger charge is 2.22. The zero-order valence-electron chi connectivity index (χ0n) is 12.7. The topological polar surface area (TPSA) is 33.7 Å². The fourth-order valence-corrected chi connectivity index (χ4v) is 3.16. The van der Waals surface area contributed by atoms with E-state index < -0.39 is 0 Å². The van der Waals surface area contributed by atoms with E-state index in [-0.39, 0.29) is 0 Å². The van der Waals surface area contributed by atoms with Gasteiger partial charge in [0.15, 0.2) is 11.5 Å². The summed E-state index contributed by atoms with van der Waals surface area (Å²) in [6.45, 7) is 7.97. The van der Waals surface area contributed by atoms with Crippen LogP contribution >= 0.6 is 11.6 Å². The van der Waals surface area contributed by atoms with Gasteiger partial charge >= 0.3 is 0 Å². The summed E-state index contributed by atoms with van der Waals surface area (Å²) in [6.07, 6.45) is 2.28. The van der Waals surface area contributed by atoms with Gasteiger partial charge in [0.05, 0.1) is 10.7 Å². The van der Waals surface area contributed by atoms with Crippen molar-refractivity contribution in [2.24, 2.45) is 0 Å². The lowest BCUT2D eigenvalue weighted by Gasteiger charge is -2.35. The summed E-state index contributed by atoms with van der Waals surface area (Å²) in [5, 5.41) is 4.26. The zero-order chi connectivity index (χ0) is 14.8. The Kier molecular flexibility index (Phi) is 4.45. The fraction of sp³-hybridized carbons (Fsp3) is 0.625. The van der Waals surface area contributed by atoms with Crippen molar-refractivity contribution < 1.29 is 9.47 Å². The number of rotatable bonds is 3. The van der Waals surface area contributed by atoms with Gasteiger partial charge in [0.2, 0.25) is 0 Å². The molecule has 0 aromatic heterocycles. The number of fused-ring (bicyclic) bond motifs is 1. The minimum Gasteiger partial charge on any atom is -0.486 e. The largest absolute Gasteiger partial charge is 0.486 e. The first-order valence-corrected chi connectivity index (χ1v) is 8.11. The van der Waals surface area contributed by atoms with Crippen LogP contribution in [0, 0.1) is 0 Å². The molecule has 0 saturated carbocycles. The Bertz CT molecular complexity index is 499. The number of likely N-dealkylation sites (tertiary alicyclic amines) is 1. The summed E-state index contributed by atoms with van der Waals surface area (Å²) in [5.74, 6) is 1.53. The molecule has 3 rings (SSSR count). The van der Waals surface area contributed by atoms with Gasteiger partial charge < -0.3 is 19.7 Å². The summed E-state index contributed by atoms with van der Waals surface area (Å²) < 4.78 is 11.2. The van der Waals surface area contributed by atoms with E-state index in [4.69, 9.17) is 21.1 Å². The number of anilines is 1. The van der Waals surface area contributed by atoms with Crippen molar-refractivity contribution in [2.45, 2.75) is 38.8 Å². The van der Waals surface area contributed by atoms with E-state index >= 15 is 0 Å². The summed E-state index contributed by atoms with van der Waals surface area (Å²) in [5.41, 5.74) is 0.948. The van der Waals surface area contributed by atoms with Gasteiger partial charge in [-0.15, -0.1) is 0 Å². The molecule has 1 aromatic rings. The van der Waals surface area contributed by atoms with Crippen LogP contribution in [0.4, 0.5) is 5.69 Å². The van der Waals surface area contributed by atoms with E-state index in [1.807, 2.05) is 12.1 Å². The minimum atomic E-state index is 0.472. The highest BCUT2D eigenvalue weighted by molar-refractivity contribution is 6.33. The molecule has 0 spiro atoms. The second-order valence-electron chi connectivity index (χ2n) is 6.02. The van der Waals surface area contributed by atoms with Crippen molar-refractivity contribution in [3.05, 3.63) is 17.2 Å². The van der Waals surface area contributed by atoms with Crippen molar-refractivity contribution in [1.82, 2.24) is 4.90 Å². The lowest BCUT2D eigenvalue weighted by molar-refractivity contribution is 0.171. The highest BCUT2D eigenvalue weighted by atomic mass is 35.5. The maximum atomic E-state index is 6.35. The van der Waals surface area contributed by atoms with Crippen LogP contribution in [0.2, 0.25) is 5.02 Å². The van der Waals surface area contributed by atoms with E-state index in [0.717, 1.165) is 43.1 Å². The van der Waals surface area contributed by atoms with Crippen LogP contribution in [0.1, 0.15) is 26.7 Å². The standard InChI is InChI=1S/C16H23ClN2O2/c1-11(2)19-5-3-12(4-6-19)18-14-10-16-15(9-13(14)17)20-7-8-21-16/h9-12,18H,3-8H2,1-2H3. The Hall–Kier alpha value is -1.13. The number of halogens is 1. The highest BCUT2D eigenvalue weighted by Crippen LogP contribution is 2.38. The molecule has 0 atom stereocenters. The zero-order valence-corrected chi connectivity index (χ0v) is 13.4. The molecule has 1 N–H and O–H groups in total. The molecule has 2 aliphatic rings. The van der Waals surface area contributed by atoms with Crippen LogP contribution in [0.5, 0.6) is 11.5 Å². The van der Waals surface area contributed by atoms with E-state index in [9.17, 15) is 0 Å². The smallest absolute Gasteiger partial charge is 0.163 e. The van der Waals surface area contributed by atoms with Crippen molar-refractivity contribution in [2.75, 3.05) is 31.6 Å². The molecule has 1 aromatic carbocycles. The predicted octanol–water partition coefficient (Wildman–Crippen LogP) is 3.40. The lowest BCUT2D eigenvalue weighted by atomic mass is 10.0. The Morgan fingerprint density at radius 2 is 1.76 bits per heavy atom. The predicted molar refractivity (Wildman–Crippen MR) is 85.8 cm³/mol. The minimum absolute atomic E-state index is 0.472. The maximum Gasteiger partial charge on any atom is 0.163 e. The molecule has 5 heteroatoms. The van der Waals surface area contributed by atoms with Crippen LogP contribution in [-0.2, 0) is 0 Å². The number of hydrogen-bond acceptors (Lipinski definition) is 4. The molecule has 0 amide bonds. The molecule has 2 heterocycles. The van der Waals surface area contributed by atoms with Crippen molar-refractivity contribution in [3.8, 4) is 11.5 Å². The van der Waals surface area contributed by atoms with Gasteiger partial charge in [0, 0.05) is 37.3 Å². The number of hydrogen-bond donors (Lipinski definition) is 1. The second kappa shape index (κ2) is 6.32. The molecule has 0 aliphatic carbocycles. The van der Waals surface area contributed by atoms with E-state index in [1.54, 1.807) is 0 Å². The maximum absolute atomic E-state index is 6.35. The number of piperidine rings is 1. The normalized spacial score (nSPS) is 19.8. The van der Waals surface area contributed by atoms with Gasteiger partial charge in [-0.25, -0.2) is 0 Å². The molecule has 0 unspecified atom stereocenters. The van der Waals surface area contributed by atoms with Crippen LogP contribution in [0.25, 0.3) is 0 Å². The first kappa shape index (κ1) is 14.8. The van der Waals surface area contributed by atoms with Crippen LogP contribution < -0.4 is 14.8 Å². The monoisotopic (exact) mass is 310 g/mol. The molecule has 2 aliphatic heterocycles. The molecule has 0 bridgehead atoms. The third kappa shape index (κ3) is 3.38. The lowest BCUT2D eigenvalue weighted by Crippen LogP contribution is -2.42. The third-order valence-corrected chi connectivity index (χ3v) is 4.56. The molecule has 21 heavy (non-hydrogen) atoms. The van der Waals surface area contributed by atoms with Crippen LogP contribution in [0.15, 0.2) is 12.1 Å². The average Bonchev–Trinajstić information content (AvgIpc) is 2.48. The van der Waals surface area contributed by atoms with Crippen LogP contribution in [0.3, 0.4) is 0 Å². The Morgan fingerprint density at radius 1 is 1.14 bits per heavy atom. The van der Waals surface area contributed by atoms with Crippen LogP contribution in [-0.4, -0.2) is 43.3 Å². The molecule has 4 nitrogen and oxygen atoms in total. The first-order valence-electron chi connectivity index (χ1n) is 7.73. The van der Waals surface area contributed by atoms with Crippen molar-refractivity contribution in [3.63, 3.8) is 0 Å². The Labute approximate surface area is 131 Å². The summed E-state index contributed by atoms with van der Waals surface area (Å²) in [6, 6.07) is 4.91. The van der Waals surface area contributed by atoms with E-state index in [2.05, 4.69) is 24.1 Å². The number of ether oxygens (including phenoxy) is 2. The molecule has 1 fully saturated rings. The number of nitrogens with one attached hydrogen (secondary N) is 1. The first-order chi connectivity index (χ1) is 10.1. The summed E-state index contributed by atoms with van der Waals surface area (Å²) in [4.78, 5) is 2.52. The summed E-state index contributed by atoms with van der Waals surface area (Å²) >= 11 is 6.35. The van der Waals surface area contributed by atoms with Gasteiger partial charge in [-0.3, -0.25) is 0 Å². The molecule has 0 radical (unpaired) electrons. The summed E-state index contributed by atoms with van der Waals surface area (Å²) in [7, 11) is 0. The van der Waals surface area contributed by atoms with Gasteiger partial charge in [0.25, 0.3) is 0 Å². The molecule has 1 saturated heterocycles. The third-order valence-electron chi connectivity index (χ3n) is 4.25. The molecular weight excluding hydrogens is 288 g/mol. The van der Waals surface area contributed by atoms with Crippen molar-refractivity contribution >= 4 is 17.3 Å². The molecule has 116 valence electrons. The Morgan fingerprint density at radius 3 is 2.38 bits per heavy atom. The SMILES string of the molecule is CC(C)N1CCC(Nc2cc3c(cc2Cl)OCCO3)CC1. The van der Waals surface area contributed by atoms with E-state index in [1.165, 1.54) is 0 Å². The quantitative estimate of drug-likeness (QED) is 0.928. The fourth-order valence-electron chi connectivity index (χ4n) is 2.95. The second-order valence-corrected chi connectivity index (χ2v) is 6.43. The molecular formula is C16H23ClN2O2. The van der Waals surface area contributed by atoms with E-state index in [0.29, 0.717) is 30.3 Å².